The maximum Gasteiger partial charge on any atom is 0.127 e. The molecule has 2 radical (unpaired) electrons. The summed E-state index contributed by atoms with van der Waals surface area (Å²) in [6, 6.07) is 0. The molecule has 0 saturated heterocycles. The van der Waals surface area contributed by atoms with E-state index in [1.54, 1.807) is 0 Å². The molecule has 0 amide bonds. The van der Waals surface area contributed by atoms with Gasteiger partial charge in [0.1, 0.15) is 24.1 Å². The summed E-state index contributed by atoms with van der Waals surface area (Å²) >= 11 is 0. The predicted octanol–water partition coefficient (Wildman–Crippen LogP) is 7.66. The summed E-state index contributed by atoms with van der Waals surface area (Å²) in [6.07, 6.45) is 17.9. The van der Waals surface area contributed by atoms with Gasteiger partial charge in [0.2, 0.25) is 0 Å². The lowest BCUT2D eigenvalue weighted by molar-refractivity contribution is 0.121. The minimum atomic E-state index is -1.39. The Balaban J connectivity index is 2.45. The highest BCUT2D eigenvalue weighted by atomic mass is 31.2. The molecule has 0 heterocycles. The zero-order valence-electron chi connectivity index (χ0n) is 20.3. The first-order chi connectivity index (χ1) is 12.5. The predicted molar refractivity (Wildman–Crippen MR) is 144 cm³/mol. The van der Waals surface area contributed by atoms with Gasteiger partial charge in [-0.05, 0) is 60.4 Å². The molecule has 0 aromatic heterocycles. The highest BCUT2D eigenvalue weighted by molar-refractivity contribution is 7.89. The third kappa shape index (κ3) is 3.53. The van der Waals surface area contributed by atoms with Crippen LogP contribution in [0.5, 0.6) is 0 Å². The van der Waals surface area contributed by atoms with Crippen molar-refractivity contribution in [3.63, 3.8) is 0 Å². The van der Waals surface area contributed by atoms with Crippen LogP contribution in [0.15, 0.2) is 0 Å². The molecular weight excluding hydrogens is 392 g/mol. The van der Waals surface area contributed by atoms with Crippen molar-refractivity contribution in [3.05, 3.63) is 0 Å². The largest absolute Gasteiger partial charge is 0.127 e. The highest BCUT2D eigenvalue weighted by Crippen LogP contribution is 2.88. The molecule has 6 unspecified atom stereocenters. The summed E-state index contributed by atoms with van der Waals surface area (Å²) in [4.78, 5) is 0. The minimum Gasteiger partial charge on any atom is -0.0926 e. The first-order valence-corrected chi connectivity index (χ1v) is 17.3. The molecule has 0 bridgehead atoms. The zero-order valence-corrected chi connectivity index (χ0v) is 23.0. The quantitative estimate of drug-likeness (QED) is 0.256. The van der Waals surface area contributed by atoms with E-state index in [0.717, 1.165) is 0 Å². The maximum atomic E-state index is 6.86. The van der Waals surface area contributed by atoms with Crippen molar-refractivity contribution in [3.8, 4) is 0 Å². The summed E-state index contributed by atoms with van der Waals surface area (Å²) in [5, 5.41) is 0.272. The number of fused-ring (bicyclic) bond motifs is 1. The molecule has 0 N–H and O–H groups in total. The van der Waals surface area contributed by atoms with Crippen LogP contribution in [0.25, 0.3) is 0 Å². The monoisotopic (exact) mass is 438 g/mol. The molecular formula is C24H46BP3+2. The third-order valence-electron chi connectivity index (χ3n) is 9.40. The summed E-state index contributed by atoms with van der Waals surface area (Å²) in [7, 11) is 6.55. The Morgan fingerprint density at radius 1 is 1.00 bits per heavy atom. The first-order valence-electron chi connectivity index (χ1n) is 11.1. The molecule has 2 fully saturated rings. The lowest BCUT2D eigenvalue weighted by Crippen LogP contribution is -2.36. The molecule has 6 atom stereocenters. The Hall–Kier alpha value is 0.705. The fraction of sp³-hybridized carbons (Fsp3) is 0.875. The van der Waals surface area contributed by atoms with Crippen molar-refractivity contribution in [2.45, 2.75) is 79.7 Å². The van der Waals surface area contributed by atoms with Crippen molar-refractivity contribution in [1.29, 1.82) is 0 Å². The van der Waals surface area contributed by atoms with Crippen LogP contribution < -0.4 is 0 Å². The van der Waals surface area contributed by atoms with Crippen molar-refractivity contribution in [2.24, 2.45) is 28.1 Å². The van der Waals surface area contributed by atoms with E-state index in [0.29, 0.717) is 28.5 Å². The molecule has 28 heavy (non-hydrogen) atoms. The first kappa shape index (κ1) is 25.0. The number of hydrogen-bond acceptors (Lipinski definition) is 0. The van der Waals surface area contributed by atoms with Crippen LogP contribution >= 0.6 is 22.0 Å². The van der Waals surface area contributed by atoms with Crippen LogP contribution in [0.3, 0.4) is 0 Å². The van der Waals surface area contributed by atoms with E-state index in [9.17, 15) is 0 Å². The summed E-state index contributed by atoms with van der Waals surface area (Å²) < 4.78 is 0. The SMILES string of the molecule is [B]C1C2C(C)(C)C2(CC(C)(C)P(=C)(C[P+](=C)CC)C[P+](=C)CC)C(C)C1(C)C. The topological polar surface area (TPSA) is 0 Å². The number of rotatable bonds is 9. The van der Waals surface area contributed by atoms with E-state index >= 15 is 0 Å². The summed E-state index contributed by atoms with van der Waals surface area (Å²) in [5.41, 5.74) is 0.946. The normalized spacial score (nSPS) is 36.4. The van der Waals surface area contributed by atoms with Gasteiger partial charge in [0.15, 0.2) is 0 Å². The molecule has 4 heteroatoms. The summed E-state index contributed by atoms with van der Waals surface area (Å²) in [5.74, 6) is 4.18. The van der Waals surface area contributed by atoms with Crippen molar-refractivity contribution in [1.82, 2.24) is 0 Å². The van der Waals surface area contributed by atoms with Crippen molar-refractivity contribution in [2.75, 3.05) is 24.1 Å². The van der Waals surface area contributed by atoms with E-state index in [-0.39, 0.29) is 25.7 Å². The second-order valence-corrected chi connectivity index (χ2v) is 21.4. The lowest BCUT2D eigenvalue weighted by atomic mass is 9.59. The van der Waals surface area contributed by atoms with Gasteiger partial charge in [0, 0.05) is 0 Å². The van der Waals surface area contributed by atoms with Gasteiger partial charge in [-0.25, -0.2) is 0 Å². The molecule has 0 aliphatic heterocycles. The second-order valence-electron chi connectivity index (χ2n) is 11.7. The molecule has 0 nitrogen and oxygen atoms in total. The molecule has 2 rings (SSSR count). The zero-order chi connectivity index (χ0) is 21.9. The Morgan fingerprint density at radius 2 is 1.43 bits per heavy atom. The molecule has 158 valence electrons. The van der Waals surface area contributed by atoms with Crippen molar-refractivity contribution < 1.29 is 0 Å². The fourth-order valence-corrected chi connectivity index (χ4v) is 19.2. The molecule has 0 aromatic carbocycles. The molecule has 2 saturated carbocycles. The van der Waals surface area contributed by atoms with Crippen LogP contribution in [0.2, 0.25) is 5.82 Å². The van der Waals surface area contributed by atoms with Gasteiger partial charge in [-0.1, -0.05) is 60.6 Å². The van der Waals surface area contributed by atoms with Gasteiger partial charge >= 0.3 is 0 Å². The lowest BCUT2D eigenvalue weighted by Gasteiger charge is -2.45. The van der Waals surface area contributed by atoms with Gasteiger partial charge < -0.3 is 0 Å². The fourth-order valence-electron chi connectivity index (χ4n) is 6.68. The Bertz CT molecular complexity index is 677. The standard InChI is InChI=1S/C24H46BP3/c1-13-26(10)16-28(12,17-27(11)14-2)21(4,5)15-24-18(3)22(6,7)20(25)19(24)23(24,8)9/h18-20H,10-17H2,1-9H3/q+2. The van der Waals surface area contributed by atoms with Crippen LogP contribution in [-0.2, 0) is 0 Å². The van der Waals surface area contributed by atoms with Crippen LogP contribution in [-0.4, -0.2) is 56.0 Å². The van der Waals surface area contributed by atoms with Gasteiger partial charge in [-0.15, -0.1) is 0 Å². The summed E-state index contributed by atoms with van der Waals surface area (Å²) in [6.45, 7) is 20.6. The van der Waals surface area contributed by atoms with Gasteiger partial charge in [0.05, 0.1) is 35.5 Å². The van der Waals surface area contributed by atoms with E-state index < -0.39 is 6.89 Å². The maximum absolute atomic E-state index is 6.86. The molecule has 0 aromatic rings. The average molecular weight is 438 g/mol. The van der Waals surface area contributed by atoms with E-state index in [2.05, 4.69) is 74.9 Å². The van der Waals surface area contributed by atoms with Crippen LogP contribution in [0, 0.1) is 28.1 Å². The third-order valence-corrected chi connectivity index (χ3v) is 21.4. The Labute approximate surface area is 180 Å². The highest BCUT2D eigenvalue weighted by Gasteiger charge is 2.81. The average Bonchev–Trinajstić information content (AvgIpc) is 3.00. The van der Waals surface area contributed by atoms with E-state index in [1.807, 2.05) is 0 Å². The smallest absolute Gasteiger partial charge is 0.0926 e. The molecule has 2 aliphatic rings. The van der Waals surface area contributed by atoms with Crippen molar-refractivity contribution >= 4 is 48.7 Å². The molecule has 0 spiro atoms. The van der Waals surface area contributed by atoms with Gasteiger partial charge in [-0.3, -0.25) is 0 Å². The van der Waals surface area contributed by atoms with E-state index in [1.165, 1.54) is 30.6 Å². The Kier molecular flexibility index (Phi) is 6.85. The van der Waals surface area contributed by atoms with Gasteiger partial charge in [0.25, 0.3) is 0 Å². The molecule has 2 aliphatic carbocycles. The van der Waals surface area contributed by atoms with E-state index in [4.69, 9.17) is 14.1 Å². The van der Waals surface area contributed by atoms with Gasteiger partial charge in [-0.2, -0.15) is 0 Å². The van der Waals surface area contributed by atoms with Crippen LogP contribution in [0.4, 0.5) is 0 Å². The Morgan fingerprint density at radius 3 is 1.79 bits per heavy atom. The van der Waals surface area contributed by atoms with Crippen LogP contribution in [0.1, 0.15) is 68.7 Å². The second kappa shape index (κ2) is 7.68. The minimum absolute atomic E-state index is 0.155. The number of hydrogen-bond donors (Lipinski definition) is 0.